The molecule has 74 valence electrons. The molecule has 0 heterocycles. The van der Waals surface area contributed by atoms with E-state index in [9.17, 15) is 0 Å². The minimum Gasteiger partial charge on any atom is -0.256 e. The van der Waals surface area contributed by atoms with E-state index in [1.54, 1.807) is 0 Å². The summed E-state index contributed by atoms with van der Waals surface area (Å²) < 4.78 is 0. The molecule has 0 saturated carbocycles. The van der Waals surface area contributed by atoms with Crippen molar-refractivity contribution in [2.24, 2.45) is 4.99 Å². The van der Waals surface area contributed by atoms with Gasteiger partial charge >= 0.3 is 0 Å². The maximum Gasteiger partial charge on any atom is 0.0630 e. The number of aliphatic imine (C=N–C) groups is 1. The SMILES string of the molecule is Clc1ccc(N=Cc2ccccc2)cc1. The molecule has 2 heteroatoms. The van der Waals surface area contributed by atoms with Crippen molar-refractivity contribution in [2.45, 2.75) is 0 Å². The molecule has 0 N–H and O–H groups in total. The van der Waals surface area contributed by atoms with Crippen LogP contribution in [-0.2, 0) is 0 Å². The zero-order valence-corrected chi connectivity index (χ0v) is 8.85. The third-order valence-corrected chi connectivity index (χ3v) is 2.24. The average molecular weight is 216 g/mol. The van der Waals surface area contributed by atoms with Crippen LogP contribution in [0, 0.1) is 0 Å². The Balaban J connectivity index is 2.15. The fraction of sp³-hybridized carbons (Fsp3) is 0. The van der Waals surface area contributed by atoms with E-state index in [-0.39, 0.29) is 0 Å². The number of hydrogen-bond donors (Lipinski definition) is 0. The van der Waals surface area contributed by atoms with Crippen LogP contribution in [0.1, 0.15) is 5.56 Å². The lowest BCUT2D eigenvalue weighted by Gasteiger charge is -1.94. The van der Waals surface area contributed by atoms with Crippen LogP contribution in [-0.4, -0.2) is 6.21 Å². The van der Waals surface area contributed by atoms with Gasteiger partial charge in [0.05, 0.1) is 5.69 Å². The Bertz CT molecular complexity index is 446. The van der Waals surface area contributed by atoms with Crippen LogP contribution in [0.4, 0.5) is 5.69 Å². The van der Waals surface area contributed by atoms with Gasteiger partial charge < -0.3 is 0 Å². The number of benzene rings is 2. The molecule has 1 nitrogen and oxygen atoms in total. The first-order chi connectivity index (χ1) is 7.34. The zero-order chi connectivity index (χ0) is 10.5. The van der Waals surface area contributed by atoms with Crippen molar-refractivity contribution in [3.05, 3.63) is 65.2 Å². The van der Waals surface area contributed by atoms with Crippen LogP contribution < -0.4 is 0 Å². The monoisotopic (exact) mass is 215 g/mol. The summed E-state index contributed by atoms with van der Waals surface area (Å²) in [6.45, 7) is 0. The number of halogens is 1. The minimum atomic E-state index is 0.730. The molecule has 0 spiro atoms. The number of nitrogens with zero attached hydrogens (tertiary/aromatic N) is 1. The second-order valence-electron chi connectivity index (χ2n) is 3.15. The lowest BCUT2D eigenvalue weighted by Crippen LogP contribution is -1.77. The lowest BCUT2D eigenvalue weighted by atomic mass is 10.2. The maximum atomic E-state index is 5.78. The van der Waals surface area contributed by atoms with E-state index in [0.717, 1.165) is 16.3 Å². The molecule has 0 bridgehead atoms. The van der Waals surface area contributed by atoms with Crippen LogP contribution in [0.25, 0.3) is 0 Å². The first-order valence-corrected chi connectivity index (χ1v) is 5.07. The van der Waals surface area contributed by atoms with Crippen LogP contribution >= 0.6 is 11.6 Å². The molecule has 2 aromatic carbocycles. The Kier molecular flexibility index (Phi) is 3.15. The average Bonchev–Trinajstić information content (AvgIpc) is 2.30. The highest BCUT2D eigenvalue weighted by molar-refractivity contribution is 6.30. The smallest absolute Gasteiger partial charge is 0.0630 e. The summed E-state index contributed by atoms with van der Waals surface area (Å²) in [5.74, 6) is 0. The topological polar surface area (TPSA) is 12.4 Å². The Morgan fingerprint density at radius 3 is 2.20 bits per heavy atom. The van der Waals surface area contributed by atoms with E-state index in [1.165, 1.54) is 0 Å². The largest absolute Gasteiger partial charge is 0.256 e. The summed E-state index contributed by atoms with van der Waals surface area (Å²) in [6.07, 6.45) is 1.84. The fourth-order valence-corrected chi connectivity index (χ4v) is 1.34. The van der Waals surface area contributed by atoms with Gasteiger partial charge in [-0.05, 0) is 29.8 Å². The molecule has 2 aromatic rings. The number of hydrogen-bond acceptors (Lipinski definition) is 1. The second-order valence-corrected chi connectivity index (χ2v) is 3.58. The van der Waals surface area contributed by atoms with Crippen LogP contribution in [0.5, 0.6) is 0 Å². The molecule has 2 rings (SSSR count). The lowest BCUT2D eigenvalue weighted by molar-refractivity contribution is 1.52. The molecule has 0 aromatic heterocycles. The van der Waals surface area contributed by atoms with Gasteiger partial charge in [0.2, 0.25) is 0 Å². The Labute approximate surface area is 94.1 Å². The van der Waals surface area contributed by atoms with Crippen LogP contribution in [0.2, 0.25) is 5.02 Å². The second kappa shape index (κ2) is 4.76. The van der Waals surface area contributed by atoms with E-state index in [1.807, 2.05) is 60.8 Å². The van der Waals surface area contributed by atoms with E-state index >= 15 is 0 Å². The molecule has 0 amide bonds. The third-order valence-electron chi connectivity index (χ3n) is 1.99. The molecule has 0 saturated heterocycles. The van der Waals surface area contributed by atoms with Crippen molar-refractivity contribution in [1.82, 2.24) is 0 Å². The van der Waals surface area contributed by atoms with Gasteiger partial charge in [0.15, 0.2) is 0 Å². The van der Waals surface area contributed by atoms with E-state index in [0.29, 0.717) is 0 Å². The van der Waals surface area contributed by atoms with Crippen molar-refractivity contribution >= 4 is 23.5 Å². The Hall–Kier alpha value is -1.60. The highest BCUT2D eigenvalue weighted by atomic mass is 35.5. The van der Waals surface area contributed by atoms with Gasteiger partial charge in [0.1, 0.15) is 0 Å². The molecule has 0 aliphatic carbocycles. The molecule has 0 atom stereocenters. The quantitative estimate of drug-likeness (QED) is 0.669. The number of rotatable bonds is 2. The summed E-state index contributed by atoms with van der Waals surface area (Å²) in [4.78, 5) is 4.33. The van der Waals surface area contributed by atoms with Crippen molar-refractivity contribution < 1.29 is 0 Å². The van der Waals surface area contributed by atoms with Gasteiger partial charge in [-0.1, -0.05) is 41.9 Å². The summed E-state index contributed by atoms with van der Waals surface area (Å²) >= 11 is 5.78. The Morgan fingerprint density at radius 2 is 1.53 bits per heavy atom. The summed E-state index contributed by atoms with van der Waals surface area (Å²) in [7, 11) is 0. The predicted molar refractivity (Wildman–Crippen MR) is 65.1 cm³/mol. The molecule has 0 radical (unpaired) electrons. The van der Waals surface area contributed by atoms with Gasteiger partial charge in [0, 0.05) is 11.2 Å². The normalized spacial score (nSPS) is 10.7. The molecule has 0 unspecified atom stereocenters. The van der Waals surface area contributed by atoms with E-state index in [2.05, 4.69) is 4.99 Å². The zero-order valence-electron chi connectivity index (χ0n) is 8.10. The van der Waals surface area contributed by atoms with Crippen LogP contribution in [0.15, 0.2) is 59.6 Å². The minimum absolute atomic E-state index is 0.730. The van der Waals surface area contributed by atoms with Crippen molar-refractivity contribution in [2.75, 3.05) is 0 Å². The molecule has 0 aliphatic rings. The van der Waals surface area contributed by atoms with Gasteiger partial charge in [-0.15, -0.1) is 0 Å². The summed E-state index contributed by atoms with van der Waals surface area (Å²) in [6, 6.07) is 17.4. The van der Waals surface area contributed by atoms with E-state index in [4.69, 9.17) is 11.6 Å². The van der Waals surface area contributed by atoms with Crippen LogP contribution in [0.3, 0.4) is 0 Å². The first-order valence-electron chi connectivity index (χ1n) is 4.69. The molecule has 15 heavy (non-hydrogen) atoms. The van der Waals surface area contributed by atoms with Crippen molar-refractivity contribution in [3.8, 4) is 0 Å². The molecular formula is C13H10ClN. The fourth-order valence-electron chi connectivity index (χ4n) is 1.22. The molecule has 0 aliphatic heterocycles. The van der Waals surface area contributed by atoms with Crippen molar-refractivity contribution in [1.29, 1.82) is 0 Å². The highest BCUT2D eigenvalue weighted by Gasteiger charge is 1.88. The molecule has 0 fully saturated rings. The Morgan fingerprint density at radius 1 is 0.867 bits per heavy atom. The standard InChI is InChI=1S/C13H10ClN/c14-12-6-8-13(9-7-12)15-10-11-4-2-1-3-5-11/h1-10H. The van der Waals surface area contributed by atoms with Gasteiger partial charge in [-0.3, -0.25) is 4.99 Å². The molecular weight excluding hydrogens is 206 g/mol. The first kappa shape index (κ1) is 9.94. The van der Waals surface area contributed by atoms with Crippen molar-refractivity contribution in [3.63, 3.8) is 0 Å². The predicted octanol–water partition coefficient (Wildman–Crippen LogP) is 4.09. The third kappa shape index (κ3) is 2.93. The summed E-state index contributed by atoms with van der Waals surface area (Å²) in [5.41, 5.74) is 2.00. The van der Waals surface area contributed by atoms with Gasteiger partial charge in [-0.25, -0.2) is 0 Å². The summed E-state index contributed by atoms with van der Waals surface area (Å²) in [5, 5.41) is 0.730. The maximum absolute atomic E-state index is 5.78. The van der Waals surface area contributed by atoms with Gasteiger partial charge in [-0.2, -0.15) is 0 Å². The highest BCUT2D eigenvalue weighted by Crippen LogP contribution is 2.15. The van der Waals surface area contributed by atoms with E-state index < -0.39 is 0 Å². The van der Waals surface area contributed by atoms with Gasteiger partial charge in [0.25, 0.3) is 0 Å².